The van der Waals surface area contributed by atoms with Gasteiger partial charge in [-0.3, -0.25) is 4.18 Å². The van der Waals surface area contributed by atoms with Crippen LogP contribution in [0.25, 0.3) is 0 Å². The van der Waals surface area contributed by atoms with E-state index in [1.807, 2.05) is 0 Å². The van der Waals surface area contributed by atoms with Gasteiger partial charge in [0.25, 0.3) is 20.0 Å². The molecule has 0 radical (unpaired) electrons. The van der Waals surface area contributed by atoms with Gasteiger partial charge < -0.3 is 0 Å². The van der Waals surface area contributed by atoms with Crippen molar-refractivity contribution in [2.75, 3.05) is 0 Å². The second-order valence-electron chi connectivity index (χ2n) is 7.12. The predicted molar refractivity (Wildman–Crippen MR) is 112 cm³/mol. The zero-order valence-electron chi connectivity index (χ0n) is 16.2. The molecule has 2 atom stereocenters. The van der Waals surface area contributed by atoms with Gasteiger partial charge in [-0.25, -0.2) is 8.42 Å². The van der Waals surface area contributed by atoms with Crippen molar-refractivity contribution < 1.29 is 29.8 Å². The molecule has 0 N–H and O–H groups in total. The van der Waals surface area contributed by atoms with Crippen molar-refractivity contribution in [3.63, 3.8) is 0 Å². The van der Waals surface area contributed by atoms with Crippen LogP contribution in [0, 0.1) is 6.92 Å². The van der Waals surface area contributed by atoms with E-state index in [1.165, 1.54) is 30.3 Å². The normalized spacial score (nSPS) is 20.8. The minimum atomic E-state index is -4.94. The number of rotatable bonds is 7. The molecule has 2 aromatic carbocycles. The first kappa shape index (κ1) is 23.2. The van der Waals surface area contributed by atoms with Gasteiger partial charge in [0.2, 0.25) is 0 Å². The molecule has 10 heteroatoms. The van der Waals surface area contributed by atoms with Crippen molar-refractivity contribution in [1.29, 1.82) is 0 Å². The average molecular weight is 477 g/mol. The first-order valence-corrected chi connectivity index (χ1v) is 13.2. The average Bonchev–Trinajstić information content (AvgIpc) is 2.70. The fourth-order valence-corrected chi connectivity index (χ4v) is 7.35. The zero-order chi connectivity index (χ0) is 22.0. The summed E-state index contributed by atoms with van der Waals surface area (Å²) in [7, 11) is -9.10. The monoisotopic (exact) mass is 476 g/mol. The zero-order valence-corrected chi connectivity index (χ0v) is 18.7. The summed E-state index contributed by atoms with van der Waals surface area (Å²) in [6, 6.07) is 12.5. The molecule has 2 aromatic rings. The van der Waals surface area contributed by atoms with E-state index in [-0.39, 0.29) is 29.5 Å². The Balaban J connectivity index is 1.81. The van der Waals surface area contributed by atoms with Gasteiger partial charge in [0, 0.05) is 5.25 Å². The third-order valence-electron chi connectivity index (χ3n) is 4.86. The maximum atomic E-state index is 14.8. The van der Waals surface area contributed by atoms with Crippen molar-refractivity contribution >= 4 is 31.7 Å². The summed E-state index contributed by atoms with van der Waals surface area (Å²) >= 11 is -0.0397. The number of sulfone groups is 1. The standard InChI is InChI=1S/C20H22F2O5S3/c1-15-11-13-17(14-12-15)30(25,26)27-18-9-5-6-10-19(18)28-20(21,22)29(23,24)16-7-3-2-4-8-16/h2-4,7-8,11-14,18-19H,5-6,9-10H2,1H3. The van der Waals surface area contributed by atoms with Gasteiger partial charge in [0.15, 0.2) is 0 Å². The SMILES string of the molecule is Cc1ccc(S(=O)(=O)OC2CCCCC2SC(F)(F)S(=O)(=O)c2ccccc2)cc1. The molecule has 0 bridgehead atoms. The molecule has 1 fully saturated rings. The van der Waals surface area contributed by atoms with Crippen LogP contribution in [-0.2, 0) is 24.1 Å². The van der Waals surface area contributed by atoms with Gasteiger partial charge in [0.1, 0.15) is 0 Å². The van der Waals surface area contributed by atoms with E-state index in [1.54, 1.807) is 19.1 Å². The van der Waals surface area contributed by atoms with Crippen LogP contribution >= 0.6 is 11.8 Å². The summed E-state index contributed by atoms with van der Waals surface area (Å²) in [4.78, 5) is -0.547. The lowest BCUT2D eigenvalue weighted by Gasteiger charge is -2.32. The number of hydrogen-bond acceptors (Lipinski definition) is 6. The van der Waals surface area contributed by atoms with Gasteiger partial charge in [-0.2, -0.15) is 17.2 Å². The van der Waals surface area contributed by atoms with Crippen molar-refractivity contribution in [1.82, 2.24) is 0 Å². The van der Waals surface area contributed by atoms with Crippen LogP contribution in [0.1, 0.15) is 31.2 Å². The molecule has 5 nitrogen and oxygen atoms in total. The highest BCUT2D eigenvalue weighted by atomic mass is 32.3. The van der Waals surface area contributed by atoms with Crippen LogP contribution in [0.2, 0.25) is 0 Å². The highest BCUT2D eigenvalue weighted by Crippen LogP contribution is 2.46. The Morgan fingerprint density at radius 3 is 2.13 bits per heavy atom. The summed E-state index contributed by atoms with van der Waals surface area (Å²) in [5.41, 5.74) is 0.866. The van der Waals surface area contributed by atoms with Crippen molar-refractivity contribution in [2.24, 2.45) is 0 Å². The molecule has 164 valence electrons. The number of benzene rings is 2. The highest BCUT2D eigenvalue weighted by Gasteiger charge is 2.50. The summed E-state index contributed by atoms with van der Waals surface area (Å²) in [5, 5.41) is -0.979. The van der Waals surface area contributed by atoms with Crippen LogP contribution in [0.3, 0.4) is 0 Å². The first-order valence-electron chi connectivity index (χ1n) is 9.38. The lowest BCUT2D eigenvalue weighted by atomic mass is 9.97. The molecule has 0 spiro atoms. The predicted octanol–water partition coefficient (Wildman–Crippen LogP) is 4.77. The molecular formula is C20H22F2O5S3. The molecule has 3 rings (SSSR count). The summed E-state index contributed by atoms with van der Waals surface area (Å²) in [5.74, 6) is 0. The van der Waals surface area contributed by atoms with Crippen molar-refractivity contribution in [3.05, 3.63) is 60.2 Å². The molecule has 2 unspecified atom stereocenters. The van der Waals surface area contributed by atoms with Crippen molar-refractivity contribution in [2.45, 2.75) is 58.3 Å². The number of thioether (sulfide) groups is 1. The summed E-state index contributed by atoms with van der Waals surface area (Å²) < 4.78 is 80.9. The van der Waals surface area contributed by atoms with E-state index >= 15 is 0 Å². The largest absolute Gasteiger partial charge is 0.397 e. The molecule has 1 aliphatic carbocycles. The van der Waals surface area contributed by atoms with Gasteiger partial charge in [-0.05, 0) is 44.0 Å². The molecule has 1 saturated carbocycles. The second-order valence-corrected chi connectivity index (χ2v) is 12.3. The van der Waals surface area contributed by atoms with Crippen LogP contribution < -0.4 is 0 Å². The molecular weight excluding hydrogens is 454 g/mol. The van der Waals surface area contributed by atoms with E-state index in [0.717, 1.165) is 17.7 Å². The first-order chi connectivity index (χ1) is 14.0. The Hall–Kier alpha value is -1.49. The van der Waals surface area contributed by atoms with Gasteiger partial charge in [0.05, 0.1) is 15.9 Å². The molecule has 0 aromatic heterocycles. The minimum Gasteiger partial charge on any atom is -0.262 e. The number of hydrogen-bond donors (Lipinski definition) is 0. The maximum Gasteiger partial charge on any atom is 0.397 e. The molecule has 0 saturated heterocycles. The quantitative estimate of drug-likeness (QED) is 0.536. The van der Waals surface area contributed by atoms with Crippen LogP contribution in [0.4, 0.5) is 8.78 Å². The maximum absolute atomic E-state index is 14.8. The molecule has 0 amide bonds. The Morgan fingerprint density at radius 2 is 1.50 bits per heavy atom. The number of alkyl halides is 2. The highest BCUT2D eigenvalue weighted by molar-refractivity contribution is 8.14. The Morgan fingerprint density at radius 1 is 0.900 bits per heavy atom. The molecule has 30 heavy (non-hydrogen) atoms. The third-order valence-corrected chi connectivity index (χ3v) is 9.79. The lowest BCUT2D eigenvalue weighted by molar-refractivity contribution is 0.158. The van der Waals surface area contributed by atoms with Crippen LogP contribution in [0.5, 0.6) is 0 Å². The second kappa shape index (κ2) is 8.94. The minimum absolute atomic E-state index is 0.0397. The number of aryl methyl sites for hydroxylation is 1. The third kappa shape index (κ3) is 5.04. The summed E-state index contributed by atoms with van der Waals surface area (Å²) in [6.07, 6.45) is 0.654. The fraction of sp³-hybridized carbons (Fsp3) is 0.400. The molecule has 0 aliphatic heterocycles. The van der Waals surface area contributed by atoms with E-state index in [9.17, 15) is 25.6 Å². The van der Waals surface area contributed by atoms with Crippen molar-refractivity contribution in [3.8, 4) is 0 Å². The fourth-order valence-electron chi connectivity index (χ4n) is 3.21. The van der Waals surface area contributed by atoms with E-state index in [4.69, 9.17) is 4.18 Å². The number of halogens is 2. The van der Waals surface area contributed by atoms with Crippen LogP contribution in [-0.4, -0.2) is 32.8 Å². The Labute approximate surface area is 179 Å². The van der Waals surface area contributed by atoms with E-state index in [0.29, 0.717) is 12.8 Å². The smallest absolute Gasteiger partial charge is 0.262 e. The van der Waals surface area contributed by atoms with Gasteiger partial charge in [-0.15, -0.1) is 0 Å². The van der Waals surface area contributed by atoms with E-state index < -0.39 is 40.8 Å². The Kier molecular flexibility index (Phi) is 6.91. The molecule has 1 aliphatic rings. The van der Waals surface area contributed by atoms with Gasteiger partial charge >= 0.3 is 4.59 Å². The lowest BCUT2D eigenvalue weighted by Crippen LogP contribution is -2.37. The molecule has 0 heterocycles. The van der Waals surface area contributed by atoms with E-state index in [2.05, 4.69) is 0 Å². The topological polar surface area (TPSA) is 77.5 Å². The summed E-state index contributed by atoms with van der Waals surface area (Å²) in [6.45, 7) is 1.81. The Bertz CT molecular complexity index is 1070. The van der Waals surface area contributed by atoms with Crippen LogP contribution in [0.15, 0.2) is 64.4 Å². The van der Waals surface area contributed by atoms with Gasteiger partial charge in [-0.1, -0.05) is 60.5 Å².